The first-order chi connectivity index (χ1) is 10.1. The molecule has 21 heavy (non-hydrogen) atoms. The van der Waals surface area contributed by atoms with Gasteiger partial charge in [0.2, 0.25) is 0 Å². The molecule has 1 saturated heterocycles. The highest BCUT2D eigenvalue weighted by molar-refractivity contribution is 5.80. The first-order valence-corrected chi connectivity index (χ1v) is 7.64. The number of hydrogen-bond donors (Lipinski definition) is 2. The number of aliphatic carboxylic acids is 1. The van der Waals surface area contributed by atoms with Crippen LogP contribution in [-0.2, 0) is 9.53 Å². The number of hydrogen-bond acceptors (Lipinski definition) is 3. The number of carboxylic acids is 1. The largest absolute Gasteiger partial charge is 0.481 e. The second-order valence-electron chi connectivity index (χ2n) is 6.29. The Kier molecular flexibility index (Phi) is 3.89. The first-order valence-electron chi connectivity index (χ1n) is 7.64. The molecule has 2 atom stereocenters. The highest BCUT2D eigenvalue weighted by Gasteiger charge is 2.55. The van der Waals surface area contributed by atoms with E-state index in [0.29, 0.717) is 32.7 Å². The van der Waals surface area contributed by atoms with E-state index >= 15 is 0 Å². The molecule has 2 fully saturated rings. The molecular formula is C15H22N2O4. The van der Waals surface area contributed by atoms with Gasteiger partial charge in [0.25, 0.3) is 0 Å². The van der Waals surface area contributed by atoms with Crippen LogP contribution in [0.15, 0.2) is 11.6 Å². The molecule has 2 N–H and O–H groups in total. The summed E-state index contributed by atoms with van der Waals surface area (Å²) in [5.41, 5.74) is 0.381. The summed E-state index contributed by atoms with van der Waals surface area (Å²) in [6.45, 7) is 2.70. The number of carbonyl (C=O) groups is 2. The zero-order valence-corrected chi connectivity index (χ0v) is 12.1. The predicted octanol–water partition coefficient (Wildman–Crippen LogP) is 1.23. The minimum atomic E-state index is -0.747. The molecule has 6 nitrogen and oxygen atoms in total. The second kappa shape index (κ2) is 5.67. The van der Waals surface area contributed by atoms with Crippen LogP contribution < -0.4 is 5.32 Å². The molecule has 0 aromatic heterocycles. The third-order valence-electron chi connectivity index (χ3n) is 5.03. The van der Waals surface area contributed by atoms with Gasteiger partial charge in [0.1, 0.15) is 0 Å². The van der Waals surface area contributed by atoms with Gasteiger partial charge in [-0.25, -0.2) is 4.79 Å². The summed E-state index contributed by atoms with van der Waals surface area (Å²) in [6.07, 6.45) is 5.54. The Bertz CT molecular complexity index is 476. The first kappa shape index (κ1) is 14.4. The molecule has 1 saturated carbocycles. The van der Waals surface area contributed by atoms with Crippen LogP contribution in [0, 0.1) is 11.3 Å². The molecule has 1 aliphatic carbocycles. The molecule has 2 heterocycles. The van der Waals surface area contributed by atoms with Crippen molar-refractivity contribution in [2.24, 2.45) is 11.3 Å². The smallest absolute Gasteiger partial charge is 0.317 e. The number of nitrogens with one attached hydrogen (secondary N) is 1. The van der Waals surface area contributed by atoms with Gasteiger partial charge in [-0.15, -0.1) is 0 Å². The number of carboxylic acid groups (broad SMARTS) is 1. The number of amides is 2. The molecule has 0 radical (unpaired) electrons. The Hall–Kier alpha value is -1.56. The molecule has 0 bridgehead atoms. The van der Waals surface area contributed by atoms with E-state index in [9.17, 15) is 14.7 Å². The average molecular weight is 294 g/mol. The number of likely N-dealkylation sites (tertiary alicyclic amines) is 1. The molecule has 3 rings (SSSR count). The number of ether oxygens (including phenoxy) is 1. The molecule has 2 amide bonds. The average Bonchev–Trinajstić information content (AvgIpc) is 3.03. The summed E-state index contributed by atoms with van der Waals surface area (Å²) in [6, 6.07) is -0.156. The van der Waals surface area contributed by atoms with Gasteiger partial charge < -0.3 is 20.1 Å². The van der Waals surface area contributed by atoms with E-state index < -0.39 is 11.4 Å². The molecule has 3 aliphatic rings. The van der Waals surface area contributed by atoms with Crippen LogP contribution in [0.2, 0.25) is 0 Å². The van der Waals surface area contributed by atoms with E-state index in [0.717, 1.165) is 31.4 Å². The molecule has 116 valence electrons. The van der Waals surface area contributed by atoms with Gasteiger partial charge in [0, 0.05) is 19.6 Å². The van der Waals surface area contributed by atoms with E-state index in [2.05, 4.69) is 11.4 Å². The second-order valence-corrected chi connectivity index (χ2v) is 6.29. The number of nitrogens with zero attached hydrogens (tertiary/aromatic N) is 1. The van der Waals surface area contributed by atoms with Crippen molar-refractivity contribution in [1.29, 1.82) is 0 Å². The van der Waals surface area contributed by atoms with E-state index in [1.807, 2.05) is 0 Å². The van der Waals surface area contributed by atoms with Crippen LogP contribution in [0.1, 0.15) is 25.7 Å². The van der Waals surface area contributed by atoms with Gasteiger partial charge >= 0.3 is 12.0 Å². The molecule has 0 spiro atoms. The van der Waals surface area contributed by atoms with Crippen LogP contribution in [0.4, 0.5) is 4.79 Å². The summed E-state index contributed by atoms with van der Waals surface area (Å²) < 4.78 is 5.34. The van der Waals surface area contributed by atoms with E-state index in [1.165, 1.54) is 0 Å². The SMILES string of the molecule is O=C(NCC1=CCCOC1)N1C[C@@H]2CCC[C@@]2(C(=O)O)C1. The molecule has 0 aromatic carbocycles. The summed E-state index contributed by atoms with van der Waals surface area (Å²) in [5.74, 6) is -0.637. The van der Waals surface area contributed by atoms with Crippen molar-refractivity contribution in [3.63, 3.8) is 0 Å². The van der Waals surface area contributed by atoms with Crippen molar-refractivity contribution in [2.45, 2.75) is 25.7 Å². The Morgan fingerprint density at radius 3 is 3.05 bits per heavy atom. The lowest BCUT2D eigenvalue weighted by Gasteiger charge is -2.23. The summed E-state index contributed by atoms with van der Waals surface area (Å²) in [7, 11) is 0. The van der Waals surface area contributed by atoms with Gasteiger partial charge in [-0.3, -0.25) is 4.79 Å². The lowest BCUT2D eigenvalue weighted by atomic mass is 9.81. The van der Waals surface area contributed by atoms with Crippen molar-refractivity contribution in [3.05, 3.63) is 11.6 Å². The van der Waals surface area contributed by atoms with Crippen molar-refractivity contribution in [3.8, 4) is 0 Å². The van der Waals surface area contributed by atoms with E-state index in [1.54, 1.807) is 4.90 Å². The molecule has 0 aromatic rings. The summed E-state index contributed by atoms with van der Waals surface area (Å²) in [5, 5.41) is 12.4. The highest BCUT2D eigenvalue weighted by Crippen LogP contribution is 2.48. The highest BCUT2D eigenvalue weighted by atomic mass is 16.5. The number of carbonyl (C=O) groups excluding carboxylic acids is 1. The van der Waals surface area contributed by atoms with Gasteiger partial charge in [0.05, 0.1) is 18.6 Å². The van der Waals surface area contributed by atoms with Gasteiger partial charge in [-0.2, -0.15) is 0 Å². The Morgan fingerprint density at radius 1 is 1.52 bits per heavy atom. The Labute approximate surface area is 124 Å². The quantitative estimate of drug-likeness (QED) is 0.767. The maximum absolute atomic E-state index is 12.2. The Morgan fingerprint density at radius 2 is 2.38 bits per heavy atom. The molecule has 6 heteroatoms. The monoisotopic (exact) mass is 294 g/mol. The number of urea groups is 1. The maximum atomic E-state index is 12.2. The zero-order valence-electron chi connectivity index (χ0n) is 12.1. The summed E-state index contributed by atoms with van der Waals surface area (Å²) >= 11 is 0. The fourth-order valence-electron chi connectivity index (χ4n) is 3.83. The number of fused-ring (bicyclic) bond motifs is 1. The van der Waals surface area contributed by atoms with Crippen LogP contribution >= 0.6 is 0 Å². The van der Waals surface area contributed by atoms with Crippen LogP contribution in [-0.4, -0.2) is 54.9 Å². The number of rotatable bonds is 3. The standard InChI is InChI=1S/C15H22N2O4/c18-13(19)15-5-1-4-12(15)8-17(10-15)14(20)16-7-11-3-2-6-21-9-11/h3,12H,1-2,4-10H2,(H,16,20)(H,18,19)/t12-,15+/m0/s1. The topological polar surface area (TPSA) is 78.9 Å². The van der Waals surface area contributed by atoms with Crippen molar-refractivity contribution in [1.82, 2.24) is 10.2 Å². The van der Waals surface area contributed by atoms with Crippen LogP contribution in [0.3, 0.4) is 0 Å². The van der Waals surface area contributed by atoms with Gasteiger partial charge in [-0.1, -0.05) is 12.5 Å². The lowest BCUT2D eigenvalue weighted by molar-refractivity contribution is -0.149. The van der Waals surface area contributed by atoms with Gasteiger partial charge in [0.15, 0.2) is 0 Å². The normalized spacial score (nSPS) is 31.7. The molecular weight excluding hydrogens is 272 g/mol. The van der Waals surface area contributed by atoms with Gasteiger partial charge in [-0.05, 0) is 30.8 Å². The Balaban J connectivity index is 1.57. The molecule has 2 aliphatic heterocycles. The molecule has 0 unspecified atom stereocenters. The minimum Gasteiger partial charge on any atom is -0.481 e. The predicted molar refractivity (Wildman–Crippen MR) is 75.9 cm³/mol. The van der Waals surface area contributed by atoms with Crippen LogP contribution in [0.25, 0.3) is 0 Å². The fraction of sp³-hybridized carbons (Fsp3) is 0.733. The lowest BCUT2D eigenvalue weighted by Crippen LogP contribution is -2.42. The fourth-order valence-corrected chi connectivity index (χ4v) is 3.83. The third kappa shape index (κ3) is 2.64. The van der Waals surface area contributed by atoms with Crippen molar-refractivity contribution in [2.75, 3.05) is 32.8 Å². The zero-order chi connectivity index (χ0) is 14.9. The van der Waals surface area contributed by atoms with Crippen molar-refractivity contribution < 1.29 is 19.4 Å². The van der Waals surface area contributed by atoms with E-state index in [4.69, 9.17) is 4.74 Å². The maximum Gasteiger partial charge on any atom is 0.317 e. The summed E-state index contributed by atoms with van der Waals surface area (Å²) in [4.78, 5) is 25.5. The van der Waals surface area contributed by atoms with Crippen LogP contribution in [0.5, 0.6) is 0 Å². The third-order valence-corrected chi connectivity index (χ3v) is 5.03. The van der Waals surface area contributed by atoms with E-state index in [-0.39, 0.29) is 11.9 Å². The minimum absolute atomic E-state index is 0.109. The van der Waals surface area contributed by atoms with Crippen molar-refractivity contribution >= 4 is 12.0 Å².